The standard InChI is InChI=1S/C15H25N3OS/c1-10(2)12(9-17(4)5)18-14(19)8-16-15(18)13-7-6-11(3)20-13/h6-7,10,12,15-16H,8-9H2,1-5H3. The topological polar surface area (TPSA) is 35.6 Å². The van der Waals surface area contributed by atoms with Crippen molar-refractivity contribution in [2.24, 2.45) is 5.92 Å². The summed E-state index contributed by atoms with van der Waals surface area (Å²) in [4.78, 5) is 19.1. The molecule has 20 heavy (non-hydrogen) atoms. The first kappa shape index (κ1) is 15.5. The highest BCUT2D eigenvalue weighted by molar-refractivity contribution is 7.12. The van der Waals surface area contributed by atoms with Gasteiger partial charge in [0.05, 0.1) is 6.54 Å². The lowest BCUT2D eigenvalue weighted by molar-refractivity contribution is -0.131. The Morgan fingerprint density at radius 2 is 2.15 bits per heavy atom. The fourth-order valence-electron chi connectivity index (χ4n) is 2.73. The molecule has 0 bridgehead atoms. The molecule has 2 atom stereocenters. The van der Waals surface area contributed by atoms with E-state index < -0.39 is 0 Å². The number of hydrogen-bond donors (Lipinski definition) is 1. The third kappa shape index (κ3) is 3.22. The Labute approximate surface area is 125 Å². The van der Waals surface area contributed by atoms with Crippen molar-refractivity contribution < 1.29 is 4.79 Å². The van der Waals surface area contributed by atoms with Crippen LogP contribution in [0.25, 0.3) is 0 Å². The Balaban J connectivity index is 2.26. The lowest BCUT2D eigenvalue weighted by Gasteiger charge is -2.36. The number of rotatable bonds is 5. The predicted molar refractivity (Wildman–Crippen MR) is 83.8 cm³/mol. The van der Waals surface area contributed by atoms with Crippen LogP contribution in [0.4, 0.5) is 0 Å². The van der Waals surface area contributed by atoms with Gasteiger partial charge in [0.25, 0.3) is 0 Å². The van der Waals surface area contributed by atoms with Crippen molar-refractivity contribution in [3.8, 4) is 0 Å². The highest BCUT2D eigenvalue weighted by Crippen LogP contribution is 2.31. The van der Waals surface area contributed by atoms with E-state index in [4.69, 9.17) is 0 Å². The molecule has 1 fully saturated rings. The molecule has 0 aromatic carbocycles. The molecule has 4 nitrogen and oxygen atoms in total. The quantitative estimate of drug-likeness (QED) is 0.903. The van der Waals surface area contributed by atoms with Crippen LogP contribution in [-0.2, 0) is 4.79 Å². The van der Waals surface area contributed by atoms with E-state index in [0.717, 1.165) is 6.54 Å². The molecule has 1 N–H and O–H groups in total. The number of amides is 1. The van der Waals surface area contributed by atoms with Crippen LogP contribution in [0.2, 0.25) is 0 Å². The molecular weight excluding hydrogens is 270 g/mol. The van der Waals surface area contributed by atoms with Gasteiger partial charge in [-0.1, -0.05) is 13.8 Å². The average Bonchev–Trinajstić information content (AvgIpc) is 2.92. The zero-order valence-corrected chi connectivity index (χ0v) is 13.8. The smallest absolute Gasteiger partial charge is 0.238 e. The van der Waals surface area contributed by atoms with E-state index in [-0.39, 0.29) is 18.1 Å². The first-order valence-corrected chi connectivity index (χ1v) is 7.97. The number of hydrogen-bond acceptors (Lipinski definition) is 4. The molecule has 0 spiro atoms. The van der Waals surface area contributed by atoms with Crippen LogP contribution >= 0.6 is 11.3 Å². The molecule has 1 aliphatic heterocycles. The molecule has 1 saturated heterocycles. The monoisotopic (exact) mass is 295 g/mol. The van der Waals surface area contributed by atoms with Crippen LogP contribution in [0.15, 0.2) is 12.1 Å². The summed E-state index contributed by atoms with van der Waals surface area (Å²) < 4.78 is 0. The van der Waals surface area contributed by atoms with Gasteiger partial charge in [-0.25, -0.2) is 0 Å². The highest BCUT2D eigenvalue weighted by Gasteiger charge is 2.38. The summed E-state index contributed by atoms with van der Waals surface area (Å²) in [6, 6.07) is 4.50. The largest absolute Gasteiger partial charge is 0.316 e. The molecule has 0 saturated carbocycles. The Morgan fingerprint density at radius 3 is 2.65 bits per heavy atom. The van der Waals surface area contributed by atoms with Crippen molar-refractivity contribution in [2.45, 2.75) is 33.0 Å². The number of likely N-dealkylation sites (N-methyl/N-ethyl adjacent to an activating group) is 1. The third-order valence-electron chi connectivity index (χ3n) is 3.72. The highest BCUT2D eigenvalue weighted by atomic mass is 32.1. The fourth-order valence-corrected chi connectivity index (χ4v) is 3.68. The zero-order chi connectivity index (χ0) is 14.9. The van der Waals surface area contributed by atoms with Gasteiger partial charge in [0, 0.05) is 22.3 Å². The van der Waals surface area contributed by atoms with Crippen molar-refractivity contribution in [1.82, 2.24) is 15.1 Å². The van der Waals surface area contributed by atoms with E-state index in [1.807, 2.05) is 0 Å². The molecule has 112 valence electrons. The normalized spacial score (nSPS) is 21.2. The Kier molecular flexibility index (Phi) is 4.83. The lowest BCUT2D eigenvalue weighted by Crippen LogP contribution is -2.47. The average molecular weight is 295 g/mol. The van der Waals surface area contributed by atoms with Gasteiger partial charge in [0.2, 0.25) is 5.91 Å². The van der Waals surface area contributed by atoms with Gasteiger partial charge < -0.3 is 9.80 Å². The van der Waals surface area contributed by atoms with Crippen molar-refractivity contribution in [3.05, 3.63) is 21.9 Å². The minimum Gasteiger partial charge on any atom is -0.316 e. The SMILES string of the molecule is Cc1ccc(C2NCC(=O)N2C(CN(C)C)C(C)C)s1. The van der Waals surface area contributed by atoms with E-state index in [1.165, 1.54) is 9.75 Å². The predicted octanol–water partition coefficient (Wildman–Crippen LogP) is 2.07. The summed E-state index contributed by atoms with van der Waals surface area (Å²) in [5, 5.41) is 3.36. The van der Waals surface area contributed by atoms with E-state index in [1.54, 1.807) is 11.3 Å². The van der Waals surface area contributed by atoms with Gasteiger partial charge >= 0.3 is 0 Å². The van der Waals surface area contributed by atoms with Crippen LogP contribution in [0, 0.1) is 12.8 Å². The van der Waals surface area contributed by atoms with E-state index >= 15 is 0 Å². The number of thiophene rings is 1. The van der Waals surface area contributed by atoms with Crippen LogP contribution in [0.5, 0.6) is 0 Å². The zero-order valence-electron chi connectivity index (χ0n) is 13.0. The molecule has 0 radical (unpaired) electrons. The number of aryl methyl sites for hydroxylation is 1. The first-order chi connectivity index (χ1) is 9.40. The van der Waals surface area contributed by atoms with Gasteiger partial charge in [-0.2, -0.15) is 0 Å². The summed E-state index contributed by atoms with van der Waals surface area (Å²) in [6.45, 7) is 7.83. The van der Waals surface area contributed by atoms with Crippen LogP contribution in [-0.4, -0.2) is 48.9 Å². The Morgan fingerprint density at radius 1 is 1.45 bits per heavy atom. The van der Waals surface area contributed by atoms with Gasteiger partial charge in [0.1, 0.15) is 6.17 Å². The number of nitrogens with one attached hydrogen (secondary N) is 1. The van der Waals surface area contributed by atoms with Gasteiger partial charge in [0.15, 0.2) is 0 Å². The van der Waals surface area contributed by atoms with Gasteiger partial charge in [-0.05, 0) is 39.1 Å². The molecule has 1 aromatic rings. The molecular formula is C15H25N3OS. The summed E-state index contributed by atoms with van der Waals surface area (Å²) in [6.07, 6.45) is 0.0357. The molecule has 0 aliphatic carbocycles. The van der Waals surface area contributed by atoms with Crippen molar-refractivity contribution in [3.63, 3.8) is 0 Å². The first-order valence-electron chi connectivity index (χ1n) is 7.15. The van der Waals surface area contributed by atoms with Crippen LogP contribution in [0.3, 0.4) is 0 Å². The maximum Gasteiger partial charge on any atom is 0.238 e. The molecule has 1 aromatic heterocycles. The maximum atomic E-state index is 12.3. The van der Waals surface area contributed by atoms with Crippen molar-refractivity contribution >= 4 is 17.2 Å². The molecule has 2 unspecified atom stereocenters. The summed E-state index contributed by atoms with van der Waals surface area (Å²) in [5.41, 5.74) is 0. The summed E-state index contributed by atoms with van der Waals surface area (Å²) >= 11 is 1.77. The lowest BCUT2D eigenvalue weighted by atomic mass is 10.0. The fraction of sp³-hybridized carbons (Fsp3) is 0.667. The van der Waals surface area contributed by atoms with Gasteiger partial charge in [-0.15, -0.1) is 11.3 Å². The molecule has 1 aliphatic rings. The molecule has 1 amide bonds. The van der Waals surface area contributed by atoms with E-state index in [2.05, 4.69) is 62.1 Å². The van der Waals surface area contributed by atoms with Gasteiger partial charge in [-0.3, -0.25) is 10.1 Å². The number of nitrogens with zero attached hydrogens (tertiary/aromatic N) is 2. The Hall–Kier alpha value is -0.910. The van der Waals surface area contributed by atoms with Crippen molar-refractivity contribution in [1.29, 1.82) is 0 Å². The van der Waals surface area contributed by atoms with E-state index in [9.17, 15) is 4.79 Å². The second-order valence-corrected chi connectivity index (χ2v) is 7.43. The molecule has 5 heteroatoms. The minimum atomic E-state index is 0.0357. The van der Waals surface area contributed by atoms with Crippen molar-refractivity contribution in [2.75, 3.05) is 27.2 Å². The third-order valence-corrected chi connectivity index (χ3v) is 4.78. The molecule has 2 rings (SSSR count). The summed E-state index contributed by atoms with van der Waals surface area (Å²) in [7, 11) is 4.13. The van der Waals surface area contributed by atoms with E-state index in [0.29, 0.717) is 12.5 Å². The van der Waals surface area contributed by atoms with Crippen LogP contribution in [0.1, 0.15) is 29.8 Å². The number of carbonyl (C=O) groups excluding carboxylic acids is 1. The minimum absolute atomic E-state index is 0.0357. The van der Waals surface area contributed by atoms with Crippen LogP contribution < -0.4 is 5.32 Å². The number of carbonyl (C=O) groups is 1. The second kappa shape index (κ2) is 6.24. The second-order valence-electron chi connectivity index (χ2n) is 6.11. The maximum absolute atomic E-state index is 12.3. The Bertz CT molecular complexity index is 469. The molecule has 2 heterocycles. The summed E-state index contributed by atoms with van der Waals surface area (Å²) in [5.74, 6) is 0.645.